The molecule has 0 amide bonds. The third-order valence-electron chi connectivity index (χ3n) is 3.31. The summed E-state index contributed by atoms with van der Waals surface area (Å²) in [6.07, 6.45) is 2.26. The maximum atomic E-state index is 6.23. The molecule has 22 heavy (non-hydrogen) atoms. The molecule has 0 aliphatic heterocycles. The van der Waals surface area contributed by atoms with Gasteiger partial charge in [-0.25, -0.2) is 15.0 Å². The minimum absolute atomic E-state index is 0.336. The van der Waals surface area contributed by atoms with Gasteiger partial charge < -0.3 is 9.40 Å². The second-order valence-electron chi connectivity index (χ2n) is 4.86. The van der Waals surface area contributed by atoms with Crippen LogP contribution in [-0.4, -0.2) is 19.9 Å². The summed E-state index contributed by atoms with van der Waals surface area (Å²) in [7, 11) is 0. The van der Waals surface area contributed by atoms with Crippen LogP contribution in [0.5, 0.6) is 0 Å². The number of nitrogens with one attached hydrogen (secondary N) is 1. The number of nitrogens with zero attached hydrogens (tertiary/aromatic N) is 3. The van der Waals surface area contributed by atoms with Gasteiger partial charge in [0.05, 0.1) is 6.26 Å². The number of halogens is 1. The third-order valence-corrected chi connectivity index (χ3v) is 3.59. The second-order valence-corrected chi connectivity index (χ2v) is 5.22. The van der Waals surface area contributed by atoms with E-state index >= 15 is 0 Å². The second kappa shape index (κ2) is 5.27. The van der Waals surface area contributed by atoms with Crippen LogP contribution in [0.25, 0.3) is 22.7 Å². The monoisotopic (exact) mass is 310 g/mol. The molecular formula is C16H11ClN4O. The molecule has 108 valence electrons. The van der Waals surface area contributed by atoms with E-state index in [1.165, 1.54) is 0 Å². The van der Waals surface area contributed by atoms with Crippen molar-refractivity contribution in [3.05, 3.63) is 65.3 Å². The van der Waals surface area contributed by atoms with Gasteiger partial charge in [0.2, 0.25) is 0 Å². The SMILES string of the molecule is Clc1nc(-c2ccco2)nc2nc(Cc3ccccc3)[nH]c12. The van der Waals surface area contributed by atoms with E-state index < -0.39 is 0 Å². The van der Waals surface area contributed by atoms with Crippen molar-refractivity contribution in [3.8, 4) is 11.6 Å². The predicted octanol–water partition coefficient (Wildman–Crippen LogP) is 3.86. The minimum atomic E-state index is 0.336. The fraction of sp³-hybridized carbons (Fsp3) is 0.0625. The van der Waals surface area contributed by atoms with Crippen molar-refractivity contribution in [1.82, 2.24) is 19.9 Å². The first-order valence-corrected chi connectivity index (χ1v) is 7.17. The first-order chi connectivity index (χ1) is 10.8. The molecule has 3 aromatic heterocycles. The third kappa shape index (κ3) is 2.35. The van der Waals surface area contributed by atoms with E-state index in [2.05, 4.69) is 32.1 Å². The van der Waals surface area contributed by atoms with Gasteiger partial charge in [-0.1, -0.05) is 41.9 Å². The molecule has 6 heteroatoms. The Balaban J connectivity index is 1.76. The zero-order valence-electron chi connectivity index (χ0n) is 11.5. The molecule has 4 rings (SSSR count). The molecular weight excluding hydrogens is 300 g/mol. The Labute approximate surface area is 131 Å². The fourth-order valence-electron chi connectivity index (χ4n) is 2.30. The molecule has 0 saturated heterocycles. The summed E-state index contributed by atoms with van der Waals surface area (Å²) in [6.45, 7) is 0. The van der Waals surface area contributed by atoms with Gasteiger partial charge in [-0.2, -0.15) is 0 Å². The lowest BCUT2D eigenvalue weighted by Gasteiger charge is -1.96. The molecule has 3 heterocycles. The molecule has 0 saturated carbocycles. The van der Waals surface area contributed by atoms with E-state index in [-0.39, 0.29) is 0 Å². The van der Waals surface area contributed by atoms with Crippen LogP contribution in [0.15, 0.2) is 53.1 Å². The molecule has 0 unspecified atom stereocenters. The number of fused-ring (bicyclic) bond motifs is 1. The van der Waals surface area contributed by atoms with Crippen LogP contribution in [0.3, 0.4) is 0 Å². The number of hydrogen-bond acceptors (Lipinski definition) is 4. The zero-order valence-corrected chi connectivity index (χ0v) is 12.2. The Morgan fingerprint density at radius 2 is 1.86 bits per heavy atom. The van der Waals surface area contributed by atoms with Gasteiger partial charge in [0, 0.05) is 6.42 Å². The molecule has 0 fully saturated rings. The molecule has 4 aromatic rings. The van der Waals surface area contributed by atoms with E-state index in [1.54, 1.807) is 18.4 Å². The number of H-pyrrole nitrogens is 1. The minimum Gasteiger partial charge on any atom is -0.461 e. The summed E-state index contributed by atoms with van der Waals surface area (Å²) in [4.78, 5) is 16.4. The van der Waals surface area contributed by atoms with E-state index in [1.807, 2.05) is 18.2 Å². The average molecular weight is 311 g/mol. The van der Waals surface area contributed by atoms with Crippen molar-refractivity contribution in [1.29, 1.82) is 0 Å². The van der Waals surface area contributed by atoms with Gasteiger partial charge in [-0.3, -0.25) is 0 Å². The highest BCUT2D eigenvalue weighted by Gasteiger charge is 2.14. The number of hydrogen-bond donors (Lipinski definition) is 1. The molecule has 1 N–H and O–H groups in total. The number of furan rings is 1. The topological polar surface area (TPSA) is 67.6 Å². The molecule has 0 radical (unpaired) electrons. The van der Waals surface area contributed by atoms with Crippen molar-refractivity contribution in [2.24, 2.45) is 0 Å². The summed E-state index contributed by atoms with van der Waals surface area (Å²) in [5.41, 5.74) is 2.34. The molecule has 0 atom stereocenters. The van der Waals surface area contributed by atoms with Crippen LogP contribution in [0.4, 0.5) is 0 Å². The standard InChI is InChI=1S/C16H11ClN4O/c17-14-13-16(21-15(20-14)11-7-4-8-22-11)19-12(18-13)9-10-5-2-1-3-6-10/h1-8H,9H2,(H,18,19,20,21). The highest BCUT2D eigenvalue weighted by molar-refractivity contribution is 6.33. The lowest BCUT2D eigenvalue weighted by molar-refractivity contribution is 0.577. The number of aromatic nitrogens is 4. The highest BCUT2D eigenvalue weighted by atomic mass is 35.5. The Morgan fingerprint density at radius 1 is 1.00 bits per heavy atom. The maximum absolute atomic E-state index is 6.23. The number of benzene rings is 1. The van der Waals surface area contributed by atoms with Gasteiger partial charge in [0.25, 0.3) is 0 Å². The molecule has 0 aliphatic rings. The molecule has 5 nitrogen and oxygen atoms in total. The maximum Gasteiger partial charge on any atom is 0.199 e. The largest absolute Gasteiger partial charge is 0.461 e. The summed E-state index contributed by atoms with van der Waals surface area (Å²) in [5.74, 6) is 1.80. The molecule has 1 aromatic carbocycles. The zero-order chi connectivity index (χ0) is 14.9. The Hall–Kier alpha value is -2.66. The Bertz CT molecular complexity index is 916. The quantitative estimate of drug-likeness (QED) is 0.583. The van der Waals surface area contributed by atoms with Crippen LogP contribution in [0.2, 0.25) is 5.15 Å². The summed E-state index contributed by atoms with van der Waals surface area (Å²) >= 11 is 6.23. The van der Waals surface area contributed by atoms with E-state index in [4.69, 9.17) is 16.0 Å². The van der Waals surface area contributed by atoms with Crippen LogP contribution < -0.4 is 0 Å². The van der Waals surface area contributed by atoms with Gasteiger partial charge in [-0.15, -0.1) is 0 Å². The van der Waals surface area contributed by atoms with E-state index in [0.29, 0.717) is 34.3 Å². The van der Waals surface area contributed by atoms with Gasteiger partial charge >= 0.3 is 0 Å². The van der Waals surface area contributed by atoms with Crippen LogP contribution in [0, 0.1) is 0 Å². The molecule has 0 aliphatic carbocycles. The smallest absolute Gasteiger partial charge is 0.199 e. The first kappa shape index (κ1) is 13.0. The lowest BCUT2D eigenvalue weighted by Crippen LogP contribution is -1.90. The Morgan fingerprint density at radius 3 is 2.64 bits per heavy atom. The normalized spacial score (nSPS) is 11.1. The van der Waals surface area contributed by atoms with Crippen molar-refractivity contribution < 1.29 is 4.42 Å². The van der Waals surface area contributed by atoms with Gasteiger partial charge in [0.15, 0.2) is 22.4 Å². The first-order valence-electron chi connectivity index (χ1n) is 6.79. The van der Waals surface area contributed by atoms with Crippen LogP contribution in [-0.2, 0) is 6.42 Å². The summed E-state index contributed by atoms with van der Waals surface area (Å²) < 4.78 is 5.30. The average Bonchev–Trinajstić information content (AvgIpc) is 3.17. The van der Waals surface area contributed by atoms with Crippen LogP contribution >= 0.6 is 11.6 Å². The predicted molar refractivity (Wildman–Crippen MR) is 83.6 cm³/mol. The van der Waals surface area contributed by atoms with E-state index in [0.717, 1.165) is 11.4 Å². The number of rotatable bonds is 3. The van der Waals surface area contributed by atoms with Crippen molar-refractivity contribution >= 4 is 22.8 Å². The van der Waals surface area contributed by atoms with Gasteiger partial charge in [-0.05, 0) is 17.7 Å². The Kier molecular flexibility index (Phi) is 3.12. The van der Waals surface area contributed by atoms with Crippen molar-refractivity contribution in [2.45, 2.75) is 6.42 Å². The van der Waals surface area contributed by atoms with Gasteiger partial charge in [0.1, 0.15) is 11.3 Å². The summed E-state index contributed by atoms with van der Waals surface area (Å²) in [6, 6.07) is 13.7. The van der Waals surface area contributed by atoms with Crippen molar-refractivity contribution in [2.75, 3.05) is 0 Å². The van der Waals surface area contributed by atoms with E-state index in [9.17, 15) is 0 Å². The lowest BCUT2D eigenvalue weighted by atomic mass is 10.1. The molecule has 0 bridgehead atoms. The highest BCUT2D eigenvalue weighted by Crippen LogP contribution is 2.24. The summed E-state index contributed by atoms with van der Waals surface area (Å²) in [5, 5.41) is 0.336. The van der Waals surface area contributed by atoms with Crippen molar-refractivity contribution in [3.63, 3.8) is 0 Å². The fourth-order valence-corrected chi connectivity index (χ4v) is 2.51. The number of aromatic amines is 1. The number of imidazole rings is 1. The molecule has 0 spiro atoms. The van der Waals surface area contributed by atoms with Crippen LogP contribution in [0.1, 0.15) is 11.4 Å².